The molecular formula is C34H39N3O6. The number of H-pyrrole nitrogens is 1. The quantitative estimate of drug-likeness (QED) is 0.225. The van der Waals surface area contributed by atoms with Crippen LogP contribution < -0.4 is 29.2 Å². The number of carbonyl (C=O) groups is 2. The van der Waals surface area contributed by atoms with Crippen LogP contribution in [0.25, 0.3) is 10.9 Å². The topological polar surface area (TPSA) is 102 Å². The summed E-state index contributed by atoms with van der Waals surface area (Å²) in [4.78, 5) is 33.8. The number of aromatic nitrogens is 1. The second kappa shape index (κ2) is 13.5. The number of benzene rings is 3. The van der Waals surface area contributed by atoms with Crippen LogP contribution >= 0.6 is 0 Å². The molecule has 2 N–H and O–H groups in total. The van der Waals surface area contributed by atoms with Gasteiger partial charge in [-0.2, -0.15) is 0 Å². The molecule has 0 aliphatic heterocycles. The largest absolute Gasteiger partial charge is 0.497 e. The first-order valence-corrected chi connectivity index (χ1v) is 14.6. The third-order valence-electron chi connectivity index (χ3n) is 8.09. The molecule has 2 amide bonds. The van der Waals surface area contributed by atoms with Gasteiger partial charge in [0.25, 0.3) is 0 Å². The first-order chi connectivity index (χ1) is 20.9. The van der Waals surface area contributed by atoms with Crippen LogP contribution in [0.5, 0.6) is 23.0 Å². The van der Waals surface area contributed by atoms with Crippen molar-refractivity contribution in [2.24, 2.45) is 0 Å². The minimum absolute atomic E-state index is 0.0263. The molecule has 0 spiro atoms. The molecule has 0 bridgehead atoms. The van der Waals surface area contributed by atoms with Gasteiger partial charge in [0.1, 0.15) is 29.0 Å². The van der Waals surface area contributed by atoms with Gasteiger partial charge < -0.3 is 29.2 Å². The summed E-state index contributed by atoms with van der Waals surface area (Å²) in [5.74, 6) is 1.43. The summed E-state index contributed by atoms with van der Waals surface area (Å²) in [6, 6.07) is 17.3. The van der Waals surface area contributed by atoms with E-state index >= 15 is 0 Å². The highest BCUT2D eigenvalue weighted by Gasteiger charge is 2.37. The summed E-state index contributed by atoms with van der Waals surface area (Å²) in [5.41, 5.74) is 2.75. The lowest BCUT2D eigenvalue weighted by molar-refractivity contribution is -0.127. The van der Waals surface area contributed by atoms with Crippen molar-refractivity contribution in [3.05, 3.63) is 78.0 Å². The lowest BCUT2D eigenvalue weighted by Gasteiger charge is -2.34. The van der Waals surface area contributed by atoms with Crippen molar-refractivity contribution >= 4 is 28.4 Å². The number of anilines is 1. The smallest absolute Gasteiger partial charge is 0.248 e. The zero-order valence-electron chi connectivity index (χ0n) is 25.1. The first kappa shape index (κ1) is 29.8. The van der Waals surface area contributed by atoms with Gasteiger partial charge >= 0.3 is 0 Å². The first-order valence-electron chi connectivity index (χ1n) is 14.6. The van der Waals surface area contributed by atoms with Crippen LogP contribution in [0.4, 0.5) is 5.69 Å². The molecule has 5 rings (SSSR count). The van der Waals surface area contributed by atoms with E-state index in [-0.39, 0.29) is 24.3 Å². The predicted octanol–water partition coefficient (Wildman–Crippen LogP) is 5.97. The van der Waals surface area contributed by atoms with Crippen molar-refractivity contribution in [3.63, 3.8) is 0 Å². The maximum Gasteiger partial charge on any atom is 0.248 e. The third kappa shape index (κ3) is 6.56. The van der Waals surface area contributed by atoms with Crippen molar-refractivity contribution < 1.29 is 28.5 Å². The second-order valence-corrected chi connectivity index (χ2v) is 10.7. The zero-order chi connectivity index (χ0) is 30.3. The van der Waals surface area contributed by atoms with Gasteiger partial charge in [-0.05, 0) is 36.6 Å². The number of hydrogen-bond donors (Lipinski definition) is 2. The van der Waals surface area contributed by atoms with Crippen molar-refractivity contribution in [2.75, 3.05) is 33.3 Å². The SMILES string of the molecule is COc1cc(OC)cc(N(C(=O)Cc2c[nH]c3ccccc23)C(C(=O)NC2CCCCC2)c2ccc(OC)cc2OC)c1. The zero-order valence-corrected chi connectivity index (χ0v) is 25.1. The molecule has 9 nitrogen and oxygen atoms in total. The van der Waals surface area contributed by atoms with Gasteiger partial charge in [-0.25, -0.2) is 0 Å². The summed E-state index contributed by atoms with van der Waals surface area (Å²) in [5, 5.41) is 4.21. The van der Waals surface area contributed by atoms with Crippen LogP contribution in [0.1, 0.15) is 49.3 Å². The Labute approximate surface area is 252 Å². The molecule has 9 heteroatoms. The Balaban J connectivity index is 1.66. The van der Waals surface area contributed by atoms with Gasteiger partial charge in [-0.15, -0.1) is 0 Å². The monoisotopic (exact) mass is 585 g/mol. The van der Waals surface area contributed by atoms with Crippen LogP contribution in [-0.2, 0) is 16.0 Å². The molecular weight excluding hydrogens is 546 g/mol. The Bertz CT molecular complexity index is 1550. The van der Waals surface area contributed by atoms with Crippen LogP contribution in [0.3, 0.4) is 0 Å². The number of para-hydroxylation sites is 1. The molecule has 1 fully saturated rings. The number of fused-ring (bicyclic) bond motifs is 1. The lowest BCUT2D eigenvalue weighted by atomic mass is 9.94. The number of amides is 2. The van der Waals surface area contributed by atoms with E-state index in [1.807, 2.05) is 30.5 Å². The molecule has 226 valence electrons. The molecule has 4 aromatic rings. The number of aromatic amines is 1. The molecule has 43 heavy (non-hydrogen) atoms. The van der Waals surface area contributed by atoms with E-state index in [1.165, 1.54) is 4.90 Å². The normalized spacial score (nSPS) is 14.1. The Morgan fingerprint density at radius 1 is 0.860 bits per heavy atom. The Hall–Kier alpha value is -4.66. The Morgan fingerprint density at radius 3 is 2.23 bits per heavy atom. The van der Waals surface area contributed by atoms with E-state index < -0.39 is 6.04 Å². The van der Waals surface area contributed by atoms with Crippen molar-refractivity contribution in [1.82, 2.24) is 10.3 Å². The maximum atomic E-state index is 14.6. The van der Waals surface area contributed by atoms with Gasteiger partial charge in [0.05, 0.1) is 40.5 Å². The Morgan fingerprint density at radius 2 is 1.56 bits per heavy atom. The molecule has 1 aromatic heterocycles. The molecule has 0 radical (unpaired) electrons. The van der Waals surface area contributed by atoms with E-state index in [0.29, 0.717) is 34.2 Å². The summed E-state index contributed by atoms with van der Waals surface area (Å²) in [6.45, 7) is 0. The maximum absolute atomic E-state index is 14.6. The molecule has 3 aromatic carbocycles. The number of hydrogen-bond acceptors (Lipinski definition) is 6. The predicted molar refractivity (Wildman–Crippen MR) is 166 cm³/mol. The average molecular weight is 586 g/mol. The third-order valence-corrected chi connectivity index (χ3v) is 8.09. The van der Waals surface area contributed by atoms with Gasteiger partial charge in [0, 0.05) is 53.0 Å². The minimum Gasteiger partial charge on any atom is -0.497 e. The van der Waals surface area contributed by atoms with E-state index in [4.69, 9.17) is 18.9 Å². The molecule has 1 aliphatic rings. The van der Waals surface area contributed by atoms with Crippen LogP contribution in [0.2, 0.25) is 0 Å². The van der Waals surface area contributed by atoms with E-state index in [9.17, 15) is 9.59 Å². The van der Waals surface area contributed by atoms with Gasteiger partial charge in [-0.1, -0.05) is 37.5 Å². The minimum atomic E-state index is -1.06. The summed E-state index contributed by atoms with van der Waals surface area (Å²) in [6.07, 6.45) is 6.95. The highest BCUT2D eigenvalue weighted by molar-refractivity contribution is 6.04. The molecule has 1 atom stereocenters. The number of ether oxygens (including phenoxy) is 4. The fourth-order valence-corrected chi connectivity index (χ4v) is 5.86. The van der Waals surface area contributed by atoms with E-state index in [1.54, 1.807) is 64.8 Å². The molecule has 1 saturated carbocycles. The van der Waals surface area contributed by atoms with Crippen LogP contribution in [-0.4, -0.2) is 51.3 Å². The van der Waals surface area contributed by atoms with E-state index in [2.05, 4.69) is 10.3 Å². The average Bonchev–Trinajstić information content (AvgIpc) is 3.45. The molecule has 1 heterocycles. The van der Waals surface area contributed by atoms with Gasteiger partial charge in [-0.3, -0.25) is 14.5 Å². The summed E-state index contributed by atoms with van der Waals surface area (Å²) in [7, 11) is 6.22. The number of nitrogens with one attached hydrogen (secondary N) is 2. The van der Waals surface area contributed by atoms with Crippen LogP contribution in [0.15, 0.2) is 66.9 Å². The second-order valence-electron chi connectivity index (χ2n) is 10.7. The van der Waals surface area contributed by atoms with Crippen molar-refractivity contribution in [1.29, 1.82) is 0 Å². The van der Waals surface area contributed by atoms with Crippen LogP contribution in [0, 0.1) is 0 Å². The lowest BCUT2D eigenvalue weighted by Crippen LogP contribution is -2.47. The Kier molecular flexibility index (Phi) is 9.39. The fourth-order valence-electron chi connectivity index (χ4n) is 5.86. The van der Waals surface area contributed by atoms with Crippen molar-refractivity contribution in [3.8, 4) is 23.0 Å². The fraction of sp³-hybridized carbons (Fsp3) is 0.353. The van der Waals surface area contributed by atoms with Crippen molar-refractivity contribution in [2.45, 2.75) is 50.6 Å². The number of carbonyl (C=O) groups excluding carboxylic acids is 2. The van der Waals surface area contributed by atoms with E-state index in [0.717, 1.165) is 48.6 Å². The molecule has 0 saturated heterocycles. The number of rotatable bonds is 11. The summed E-state index contributed by atoms with van der Waals surface area (Å²) >= 11 is 0. The standard InChI is InChI=1S/C34H39N3O6/c1-40-25-14-15-29(31(20-25)43-4)33(34(39)36-23-10-6-5-7-11-23)37(24-17-26(41-2)19-27(18-24)42-3)32(38)16-22-21-35-30-13-9-8-12-28(22)30/h8-9,12-15,17-21,23,33,35H,5-7,10-11,16H2,1-4H3,(H,36,39). The van der Waals surface area contributed by atoms with Gasteiger partial charge in [0.15, 0.2) is 0 Å². The highest BCUT2D eigenvalue weighted by Crippen LogP contribution is 2.39. The van der Waals surface area contributed by atoms with Gasteiger partial charge in [0.2, 0.25) is 11.8 Å². The highest BCUT2D eigenvalue weighted by atomic mass is 16.5. The molecule has 1 unspecified atom stereocenters. The molecule has 1 aliphatic carbocycles. The number of methoxy groups -OCH3 is 4. The summed E-state index contributed by atoms with van der Waals surface area (Å²) < 4.78 is 22.4. The number of nitrogens with zero attached hydrogens (tertiary/aromatic N) is 1.